The number of hydrogen-bond donors (Lipinski definition) is 2. The summed E-state index contributed by atoms with van der Waals surface area (Å²) in [5.41, 5.74) is 0.942. The summed E-state index contributed by atoms with van der Waals surface area (Å²) < 4.78 is 38.5. The molecule has 34 heavy (non-hydrogen) atoms. The van der Waals surface area contributed by atoms with Gasteiger partial charge in [-0.2, -0.15) is 0 Å². The van der Waals surface area contributed by atoms with E-state index in [4.69, 9.17) is 9.47 Å². The number of amides is 1. The number of nitrogens with one attached hydrogen (secondary N) is 2. The Hall–Kier alpha value is -3.11. The average Bonchev–Trinajstić information content (AvgIpc) is 3.31. The minimum absolute atomic E-state index is 0.124. The molecule has 0 radical (unpaired) electrons. The van der Waals surface area contributed by atoms with Crippen molar-refractivity contribution in [3.05, 3.63) is 47.5 Å². The number of ether oxygens (including phenoxy) is 2. The maximum atomic E-state index is 13.2. The van der Waals surface area contributed by atoms with Crippen molar-refractivity contribution in [3.63, 3.8) is 0 Å². The Labute approximate surface area is 200 Å². The first kappa shape index (κ1) is 25.5. The van der Waals surface area contributed by atoms with Gasteiger partial charge in [0.25, 0.3) is 5.91 Å². The van der Waals surface area contributed by atoms with E-state index in [1.165, 1.54) is 32.4 Å². The van der Waals surface area contributed by atoms with Crippen molar-refractivity contribution in [1.82, 2.24) is 4.72 Å². The smallest absolute Gasteiger partial charge is 0.337 e. The number of rotatable bonds is 7. The molecule has 184 valence electrons. The van der Waals surface area contributed by atoms with Crippen LogP contribution in [0.1, 0.15) is 54.3 Å². The first-order chi connectivity index (χ1) is 15.9. The summed E-state index contributed by atoms with van der Waals surface area (Å²) in [6, 6.07) is 9.22. The molecule has 3 rings (SSSR count). The van der Waals surface area contributed by atoms with Crippen molar-refractivity contribution < 1.29 is 27.5 Å². The van der Waals surface area contributed by atoms with Crippen LogP contribution in [0.4, 0.5) is 11.4 Å². The third-order valence-electron chi connectivity index (χ3n) is 5.27. The molecule has 2 N–H and O–H groups in total. The number of methoxy groups -OCH3 is 2. The van der Waals surface area contributed by atoms with Crippen LogP contribution in [0, 0.1) is 0 Å². The highest BCUT2D eigenvalue weighted by Gasteiger charge is 2.27. The van der Waals surface area contributed by atoms with E-state index in [2.05, 4.69) is 14.9 Å². The first-order valence-corrected chi connectivity index (χ1v) is 12.4. The summed E-state index contributed by atoms with van der Waals surface area (Å²) in [7, 11) is -1.30. The van der Waals surface area contributed by atoms with Crippen LogP contribution >= 0.6 is 0 Å². The van der Waals surface area contributed by atoms with Crippen LogP contribution in [0.15, 0.2) is 41.3 Å². The fraction of sp³-hybridized carbons (Fsp3) is 0.417. The van der Waals surface area contributed by atoms with E-state index < -0.39 is 27.4 Å². The minimum Gasteiger partial charge on any atom is -0.495 e. The molecular formula is C24H31N3O6S. The predicted octanol–water partition coefficient (Wildman–Crippen LogP) is 3.41. The topological polar surface area (TPSA) is 114 Å². The summed E-state index contributed by atoms with van der Waals surface area (Å²) in [4.78, 5) is 27.2. The quantitative estimate of drug-likeness (QED) is 0.573. The lowest BCUT2D eigenvalue weighted by Gasteiger charge is -2.23. The van der Waals surface area contributed by atoms with Crippen LogP contribution in [-0.2, 0) is 14.8 Å². The molecule has 1 aliphatic rings. The Balaban J connectivity index is 1.98. The fourth-order valence-corrected chi connectivity index (χ4v) is 5.41. The molecule has 1 amide bonds. The monoisotopic (exact) mass is 489 g/mol. The zero-order chi connectivity index (χ0) is 25.1. The highest BCUT2D eigenvalue weighted by molar-refractivity contribution is 7.89. The molecular weight excluding hydrogens is 458 g/mol. The van der Waals surface area contributed by atoms with Crippen LogP contribution in [0.2, 0.25) is 0 Å². The highest BCUT2D eigenvalue weighted by Crippen LogP contribution is 2.32. The van der Waals surface area contributed by atoms with Crippen LogP contribution in [-0.4, -0.2) is 53.1 Å². The zero-order valence-electron chi connectivity index (χ0n) is 20.1. The zero-order valence-corrected chi connectivity index (χ0v) is 20.9. The van der Waals surface area contributed by atoms with Crippen molar-refractivity contribution in [2.24, 2.45) is 0 Å². The van der Waals surface area contributed by atoms with Crippen LogP contribution in [0.5, 0.6) is 5.75 Å². The van der Waals surface area contributed by atoms with E-state index in [1.807, 2.05) is 0 Å². The Bertz CT molecular complexity index is 1180. The van der Waals surface area contributed by atoms with Gasteiger partial charge in [-0.15, -0.1) is 0 Å². The van der Waals surface area contributed by atoms with Gasteiger partial charge in [-0.05, 0) is 70.0 Å². The third kappa shape index (κ3) is 5.87. The number of sulfonamides is 1. The predicted molar refractivity (Wildman–Crippen MR) is 130 cm³/mol. The van der Waals surface area contributed by atoms with Crippen molar-refractivity contribution in [2.45, 2.75) is 44.0 Å². The van der Waals surface area contributed by atoms with Gasteiger partial charge in [0.15, 0.2) is 0 Å². The van der Waals surface area contributed by atoms with E-state index in [0.717, 1.165) is 31.6 Å². The molecule has 0 aromatic heterocycles. The van der Waals surface area contributed by atoms with Gasteiger partial charge in [0, 0.05) is 24.2 Å². The van der Waals surface area contributed by atoms with Crippen molar-refractivity contribution in [3.8, 4) is 5.75 Å². The number of carbonyl (C=O) groups is 2. The Morgan fingerprint density at radius 1 is 0.971 bits per heavy atom. The molecule has 0 aliphatic carbocycles. The SMILES string of the molecule is COC(=O)c1ccc(N2CCCC2)c(NC(=O)c2ccc(OC)c(S(=O)(=O)NC(C)(C)C)c2)c1. The van der Waals surface area contributed by atoms with Crippen LogP contribution in [0.3, 0.4) is 0 Å². The Morgan fingerprint density at radius 3 is 2.21 bits per heavy atom. The van der Waals surface area contributed by atoms with Gasteiger partial charge in [0.05, 0.1) is 31.2 Å². The van der Waals surface area contributed by atoms with Gasteiger partial charge in [-0.1, -0.05) is 0 Å². The van der Waals surface area contributed by atoms with E-state index in [-0.39, 0.29) is 16.2 Å². The number of hydrogen-bond acceptors (Lipinski definition) is 7. The number of benzene rings is 2. The number of nitrogens with zero attached hydrogens (tertiary/aromatic N) is 1. The van der Waals surface area contributed by atoms with Gasteiger partial charge in [-0.25, -0.2) is 17.9 Å². The van der Waals surface area contributed by atoms with Gasteiger partial charge in [-0.3, -0.25) is 4.79 Å². The van der Waals surface area contributed by atoms with Crippen molar-refractivity contribution in [2.75, 3.05) is 37.5 Å². The Morgan fingerprint density at radius 2 is 1.62 bits per heavy atom. The fourth-order valence-electron chi connectivity index (χ4n) is 3.80. The molecule has 1 heterocycles. The van der Waals surface area contributed by atoms with Crippen molar-refractivity contribution in [1.29, 1.82) is 0 Å². The van der Waals surface area contributed by atoms with Gasteiger partial charge < -0.3 is 19.7 Å². The maximum Gasteiger partial charge on any atom is 0.337 e. The van der Waals surface area contributed by atoms with E-state index in [1.54, 1.807) is 39.0 Å². The van der Waals surface area contributed by atoms with Gasteiger partial charge in [0.2, 0.25) is 10.0 Å². The van der Waals surface area contributed by atoms with E-state index in [9.17, 15) is 18.0 Å². The molecule has 0 atom stereocenters. The second kappa shape index (κ2) is 10.0. The number of anilines is 2. The summed E-state index contributed by atoms with van der Waals surface area (Å²) in [6.45, 7) is 6.85. The second-order valence-electron chi connectivity index (χ2n) is 9.09. The van der Waals surface area contributed by atoms with Crippen LogP contribution in [0.25, 0.3) is 0 Å². The van der Waals surface area contributed by atoms with Crippen molar-refractivity contribution >= 4 is 33.3 Å². The third-order valence-corrected chi connectivity index (χ3v) is 7.05. The standard InChI is InChI=1S/C24H31N3O6S/c1-24(2,3)26-34(30,31)21-15-16(9-11-20(21)32-4)22(28)25-18-14-17(23(29)33-5)8-10-19(18)27-12-6-7-13-27/h8-11,14-15,26H,6-7,12-13H2,1-5H3,(H,25,28). The molecule has 0 saturated carbocycles. The molecule has 0 spiro atoms. The molecule has 0 bridgehead atoms. The summed E-state index contributed by atoms with van der Waals surface area (Å²) >= 11 is 0. The van der Waals surface area contributed by atoms with Gasteiger partial charge >= 0.3 is 5.97 Å². The summed E-state index contributed by atoms with van der Waals surface area (Å²) in [5, 5.41) is 2.84. The molecule has 2 aromatic rings. The first-order valence-electron chi connectivity index (χ1n) is 11.0. The Kier molecular flexibility index (Phi) is 7.52. The molecule has 2 aromatic carbocycles. The number of carbonyl (C=O) groups excluding carboxylic acids is 2. The summed E-state index contributed by atoms with van der Waals surface area (Å²) in [6.07, 6.45) is 2.07. The molecule has 9 nitrogen and oxygen atoms in total. The van der Waals surface area contributed by atoms with E-state index in [0.29, 0.717) is 11.3 Å². The lowest BCUT2D eigenvalue weighted by atomic mass is 10.1. The minimum atomic E-state index is -3.96. The number of esters is 1. The molecule has 0 unspecified atom stereocenters. The lowest BCUT2D eigenvalue weighted by Crippen LogP contribution is -2.40. The second-order valence-corrected chi connectivity index (χ2v) is 10.7. The molecule has 10 heteroatoms. The highest BCUT2D eigenvalue weighted by atomic mass is 32.2. The lowest BCUT2D eigenvalue weighted by molar-refractivity contribution is 0.0600. The van der Waals surface area contributed by atoms with E-state index >= 15 is 0 Å². The van der Waals surface area contributed by atoms with Crippen LogP contribution < -0.4 is 19.7 Å². The molecule has 1 fully saturated rings. The van der Waals surface area contributed by atoms with Gasteiger partial charge in [0.1, 0.15) is 10.6 Å². The summed E-state index contributed by atoms with van der Waals surface area (Å²) in [5.74, 6) is -0.911. The maximum absolute atomic E-state index is 13.2. The normalized spacial score (nSPS) is 14.1. The molecule has 1 saturated heterocycles. The molecule has 1 aliphatic heterocycles. The average molecular weight is 490 g/mol. The largest absolute Gasteiger partial charge is 0.495 e.